The monoisotopic (exact) mass is 1170 g/mol. The van der Waals surface area contributed by atoms with Crippen molar-refractivity contribution < 1.29 is 59.7 Å². The van der Waals surface area contributed by atoms with Crippen molar-refractivity contribution in [2.45, 2.75) is 39.2 Å². The van der Waals surface area contributed by atoms with Gasteiger partial charge in [0.25, 0.3) is 45.9 Å². The lowest BCUT2D eigenvalue weighted by Gasteiger charge is -2.32. The molecule has 450 valence electrons. The zero-order valence-electron chi connectivity index (χ0n) is 46.1. The van der Waals surface area contributed by atoms with Gasteiger partial charge in [0.1, 0.15) is 0 Å². The van der Waals surface area contributed by atoms with E-state index in [1.807, 2.05) is 52.3 Å². The van der Waals surface area contributed by atoms with E-state index in [0.717, 1.165) is 24.8 Å². The minimum absolute atomic E-state index is 0.0579. The number of ether oxygens (including phenoxy) is 1. The zero-order valence-corrected chi connectivity index (χ0v) is 46.1. The number of nitrogens with zero attached hydrogens (tertiary/aromatic N) is 6. The molecule has 0 bridgehead atoms. The Morgan fingerprint density at radius 3 is 1.13 bits per heavy atom. The summed E-state index contributed by atoms with van der Waals surface area (Å²) in [6, 6.07) is 21.5. The number of carbonyl (C=O) groups is 4. The summed E-state index contributed by atoms with van der Waals surface area (Å²) in [7, 11) is 0. The quantitative estimate of drug-likeness (QED) is 0.0163. The van der Waals surface area contributed by atoms with Crippen molar-refractivity contribution >= 4 is 29.3 Å². The molecule has 27 heteroatoms. The molecule has 0 saturated heterocycles. The van der Waals surface area contributed by atoms with Crippen molar-refractivity contribution in [3.05, 3.63) is 178 Å². The van der Waals surface area contributed by atoms with Crippen LogP contribution in [0.15, 0.2) is 123 Å². The highest BCUT2D eigenvalue weighted by molar-refractivity contribution is 5.98. The number of anilines is 1. The maximum Gasteiger partial charge on any atom is 0.293 e. The largest absolute Gasteiger partial charge is 0.502 e. The van der Waals surface area contributed by atoms with Gasteiger partial charge in [0.15, 0.2) is 23.0 Å². The van der Waals surface area contributed by atoms with Gasteiger partial charge in [0.2, 0.25) is 0 Å². The minimum Gasteiger partial charge on any atom is -0.502 e. The summed E-state index contributed by atoms with van der Waals surface area (Å²) in [5.74, 6) is -6.73. The fourth-order valence-electron chi connectivity index (χ4n) is 9.12. The maximum atomic E-state index is 13.6. The van der Waals surface area contributed by atoms with Gasteiger partial charge in [-0.05, 0) is 59.9 Å². The molecule has 1 atom stereocenters. The van der Waals surface area contributed by atoms with E-state index >= 15 is 0 Å². The van der Waals surface area contributed by atoms with Gasteiger partial charge in [0.05, 0.1) is 55.3 Å². The molecule has 6 aromatic rings. The average Bonchev–Trinajstić information content (AvgIpc) is 3.49. The van der Waals surface area contributed by atoms with Crippen LogP contribution in [0.25, 0.3) is 0 Å². The predicted octanol–water partition coefficient (Wildman–Crippen LogP) is -1.59. The fourth-order valence-corrected chi connectivity index (χ4v) is 9.12. The van der Waals surface area contributed by atoms with Crippen LogP contribution in [0.4, 0.5) is 5.69 Å². The van der Waals surface area contributed by atoms with Crippen LogP contribution >= 0.6 is 0 Å². The van der Waals surface area contributed by atoms with Gasteiger partial charge in [-0.15, -0.1) is 0 Å². The Bertz CT molecular complexity index is 3350. The van der Waals surface area contributed by atoms with E-state index in [4.69, 9.17) is 10.5 Å². The smallest absolute Gasteiger partial charge is 0.293 e. The molecule has 27 nitrogen and oxygen atoms in total. The number of pyridine rings is 4. The normalized spacial score (nSPS) is 11.6. The Morgan fingerprint density at radius 1 is 0.464 bits per heavy atom. The molecule has 1 unspecified atom stereocenters. The molecular weight excluding hydrogens is 1090 g/mol. The molecule has 0 aliphatic rings. The zero-order chi connectivity index (χ0) is 60.7. The Labute approximate surface area is 481 Å². The molecule has 4 aromatic heterocycles. The number of aliphatic hydroxyl groups excluding tert-OH is 3. The lowest BCUT2D eigenvalue weighted by molar-refractivity contribution is 0.0931. The highest BCUT2D eigenvalue weighted by atomic mass is 16.5. The van der Waals surface area contributed by atoms with Crippen LogP contribution in [-0.4, -0.2) is 179 Å². The van der Waals surface area contributed by atoms with Crippen LogP contribution in [0.3, 0.4) is 0 Å². The number of aliphatic hydroxyl groups is 3. The van der Waals surface area contributed by atoms with Crippen LogP contribution in [0.5, 0.6) is 23.0 Å². The second-order valence-electron chi connectivity index (χ2n) is 19.5. The van der Waals surface area contributed by atoms with E-state index in [-0.39, 0.29) is 126 Å². The number of carbonyl (C=O) groups excluding carboxylic acids is 4. The molecule has 0 aliphatic heterocycles. The number of hydrogen-bond acceptors (Lipinski definition) is 19. The van der Waals surface area contributed by atoms with Gasteiger partial charge in [-0.2, -0.15) is 0 Å². The first kappa shape index (κ1) is 64.1. The molecule has 0 saturated carbocycles. The molecule has 4 amide bonds. The Balaban J connectivity index is 1.24. The average molecular weight is 1170 g/mol. The van der Waals surface area contributed by atoms with Crippen LogP contribution in [-0.2, 0) is 43.9 Å². The first-order valence-electron chi connectivity index (χ1n) is 27.0. The number of benzene rings is 2. The third-order valence-corrected chi connectivity index (χ3v) is 13.5. The lowest BCUT2D eigenvalue weighted by Crippen LogP contribution is -2.46. The second-order valence-corrected chi connectivity index (χ2v) is 19.5. The molecule has 84 heavy (non-hydrogen) atoms. The first-order valence-corrected chi connectivity index (χ1v) is 27.0. The minimum atomic E-state index is -0.888. The van der Waals surface area contributed by atoms with Crippen molar-refractivity contribution in [2.75, 3.05) is 97.6 Å². The van der Waals surface area contributed by atoms with Gasteiger partial charge in [-0.1, -0.05) is 42.5 Å². The number of aromatic hydroxyl groups is 4. The second kappa shape index (κ2) is 31.9. The fraction of sp³-hybridized carbons (Fsp3) is 0.368. The summed E-state index contributed by atoms with van der Waals surface area (Å²) in [6.45, 7) is -0.401. The number of nitrogens with two attached hydrogens (primary N) is 1. The highest BCUT2D eigenvalue weighted by Crippen LogP contribution is 2.18. The third kappa shape index (κ3) is 17.9. The van der Waals surface area contributed by atoms with Gasteiger partial charge >= 0.3 is 0 Å². The van der Waals surface area contributed by atoms with E-state index in [1.165, 1.54) is 53.6 Å². The van der Waals surface area contributed by atoms with Crippen molar-refractivity contribution in [3.8, 4) is 23.0 Å². The number of aromatic nitrogens is 4. The predicted molar refractivity (Wildman–Crippen MR) is 307 cm³/mol. The molecule has 0 aliphatic carbocycles. The molecule has 0 spiro atoms. The molecule has 0 radical (unpaired) electrons. The molecule has 2 aromatic carbocycles. The molecular formula is C57H71N11O16. The SMILES string of the molecule is Nc1ccc(CC(CN(CCNC(=O)c2ccn(CCO)c(=O)c2O)CCNC(=O)c2ccn(CCO)c(=O)c2O)CN(CCNC(=O)c2ccn(CCO)c(=O)c2O)CCNC(=O)c2ccn(CCOCc3ccccc3)c(=O)c2O)cc1. The number of amides is 4. The van der Waals surface area contributed by atoms with Crippen molar-refractivity contribution in [2.24, 2.45) is 5.92 Å². The third-order valence-electron chi connectivity index (χ3n) is 13.5. The Hall–Kier alpha value is -9.12. The van der Waals surface area contributed by atoms with Crippen LogP contribution in [0, 0.1) is 5.92 Å². The van der Waals surface area contributed by atoms with E-state index in [1.54, 1.807) is 12.1 Å². The Kier molecular flexibility index (Phi) is 24.3. The molecule has 4 heterocycles. The summed E-state index contributed by atoms with van der Waals surface area (Å²) in [6.07, 6.45) is 5.53. The van der Waals surface area contributed by atoms with E-state index in [2.05, 4.69) is 21.3 Å². The summed E-state index contributed by atoms with van der Waals surface area (Å²) < 4.78 is 10.0. The molecule has 6 rings (SSSR count). The number of rotatable bonds is 33. The Morgan fingerprint density at radius 2 is 0.798 bits per heavy atom. The van der Waals surface area contributed by atoms with Crippen molar-refractivity contribution in [1.82, 2.24) is 49.3 Å². The highest BCUT2D eigenvalue weighted by Gasteiger charge is 2.24. The van der Waals surface area contributed by atoms with Gasteiger partial charge < -0.3 is 85.8 Å². The van der Waals surface area contributed by atoms with E-state index in [0.29, 0.717) is 18.7 Å². The lowest BCUT2D eigenvalue weighted by atomic mass is 9.97. The van der Waals surface area contributed by atoms with Crippen LogP contribution in [0.1, 0.15) is 52.6 Å². The summed E-state index contributed by atoms with van der Waals surface area (Å²) in [5, 5.41) is 81.7. The summed E-state index contributed by atoms with van der Waals surface area (Å²) >= 11 is 0. The van der Waals surface area contributed by atoms with Crippen molar-refractivity contribution in [3.63, 3.8) is 0 Å². The molecule has 13 N–H and O–H groups in total. The topological polar surface area (TPSA) is 388 Å². The number of nitrogen functional groups attached to an aromatic ring is 1. The van der Waals surface area contributed by atoms with Gasteiger partial charge in [-0.3, -0.25) is 48.2 Å². The number of hydrogen-bond donors (Lipinski definition) is 12. The molecule has 0 fully saturated rings. The summed E-state index contributed by atoms with van der Waals surface area (Å²) in [5.41, 5.74) is 3.65. The first-order chi connectivity index (χ1) is 40.4. The van der Waals surface area contributed by atoms with Crippen LogP contribution in [0.2, 0.25) is 0 Å². The summed E-state index contributed by atoms with van der Waals surface area (Å²) in [4.78, 5) is 109. The maximum absolute atomic E-state index is 13.6. The number of nitrogens with one attached hydrogen (secondary N) is 4. The van der Waals surface area contributed by atoms with E-state index in [9.17, 15) is 74.1 Å². The van der Waals surface area contributed by atoms with Crippen LogP contribution < -0.4 is 49.2 Å². The van der Waals surface area contributed by atoms with E-state index < -0.39 is 88.7 Å². The standard InChI is InChI=1S/C57H71N11O16/c58-41-8-6-38(7-9-41)34-40(35-63(22-14-59-50(76)42-10-18-65(26-30-69)54(80)46(42)72)23-15-60-51(77)43-11-19-66(27-31-70)55(81)47(43)73)36-64(24-16-61-52(78)44-12-20-67(28-32-71)56(82)48(44)74)25-17-62-53(79)45-13-21-68(57(83)49(45)75)29-33-84-37-39-4-2-1-3-5-39/h1-13,18-21,40,69-75H,14-17,22-37,58H2,(H,59,76)(H,60,77)(H,61,78)(H,62,79). The van der Waals surface area contributed by atoms with Gasteiger partial charge in [0, 0.05) is 122 Å². The van der Waals surface area contributed by atoms with Gasteiger partial charge in [-0.25, -0.2) is 0 Å². The van der Waals surface area contributed by atoms with Crippen molar-refractivity contribution in [1.29, 1.82) is 0 Å².